The van der Waals surface area contributed by atoms with Crippen molar-refractivity contribution in [1.29, 1.82) is 0 Å². The van der Waals surface area contributed by atoms with Gasteiger partial charge in [0, 0.05) is 13.1 Å². The lowest BCUT2D eigenvalue weighted by Crippen LogP contribution is -2.54. The average molecular weight is 418 g/mol. The molecule has 0 bridgehead atoms. The normalized spacial score (nSPS) is 17.8. The summed E-state index contributed by atoms with van der Waals surface area (Å²) in [5, 5.41) is 11.9. The minimum atomic E-state index is -1.15. The highest BCUT2D eigenvalue weighted by Crippen LogP contribution is 2.19. The number of nitrogens with one attached hydrogen (secondary N) is 1. The Morgan fingerprint density at radius 2 is 1.93 bits per heavy atom. The van der Waals surface area contributed by atoms with E-state index in [4.69, 9.17) is 17.2 Å². The SMILES string of the molecule is NC(N)=NCCCC(NC(=O)[C@@H]1CCCN1C(=O)C(N)Cc1ccccc1)C(=O)O. The molecule has 1 aromatic rings. The van der Waals surface area contributed by atoms with Crippen LogP contribution in [0.1, 0.15) is 31.2 Å². The summed E-state index contributed by atoms with van der Waals surface area (Å²) >= 11 is 0. The summed E-state index contributed by atoms with van der Waals surface area (Å²) in [5.74, 6) is -2.01. The number of likely N-dealkylation sites (tertiary alicyclic amines) is 1. The summed E-state index contributed by atoms with van der Waals surface area (Å²) < 4.78 is 0. The molecule has 2 rings (SSSR count). The van der Waals surface area contributed by atoms with Crippen LogP contribution in [0, 0.1) is 0 Å². The minimum Gasteiger partial charge on any atom is -0.480 e. The Balaban J connectivity index is 1.95. The zero-order valence-electron chi connectivity index (χ0n) is 16.9. The first-order chi connectivity index (χ1) is 14.3. The molecule has 0 aromatic heterocycles. The van der Waals surface area contributed by atoms with E-state index in [2.05, 4.69) is 10.3 Å². The zero-order valence-corrected chi connectivity index (χ0v) is 16.9. The van der Waals surface area contributed by atoms with E-state index < -0.39 is 30.0 Å². The molecule has 1 saturated heterocycles. The Bertz CT molecular complexity index is 766. The first-order valence-electron chi connectivity index (χ1n) is 9.98. The van der Waals surface area contributed by atoms with Crippen LogP contribution < -0.4 is 22.5 Å². The number of hydrogen-bond acceptors (Lipinski definition) is 5. The lowest BCUT2D eigenvalue weighted by Gasteiger charge is -2.27. The van der Waals surface area contributed by atoms with Gasteiger partial charge in [0.1, 0.15) is 12.1 Å². The Kier molecular flexibility index (Phi) is 8.60. The third kappa shape index (κ3) is 6.73. The fourth-order valence-corrected chi connectivity index (χ4v) is 3.50. The number of hydrogen-bond donors (Lipinski definition) is 5. The number of amides is 2. The molecule has 2 amide bonds. The molecule has 0 spiro atoms. The molecule has 1 aromatic carbocycles. The summed E-state index contributed by atoms with van der Waals surface area (Å²) in [6.45, 7) is 0.687. The summed E-state index contributed by atoms with van der Waals surface area (Å²) in [6, 6.07) is 6.84. The van der Waals surface area contributed by atoms with Crippen LogP contribution in [0.2, 0.25) is 0 Å². The van der Waals surface area contributed by atoms with Crippen LogP contribution in [-0.4, -0.2) is 65.0 Å². The maximum Gasteiger partial charge on any atom is 0.326 e. The van der Waals surface area contributed by atoms with Gasteiger partial charge in [-0.25, -0.2) is 4.79 Å². The number of aliphatic carboxylic acids is 1. The van der Waals surface area contributed by atoms with Gasteiger partial charge < -0.3 is 32.5 Å². The molecule has 1 aliphatic heterocycles. The zero-order chi connectivity index (χ0) is 22.1. The van der Waals surface area contributed by atoms with Crippen LogP contribution in [-0.2, 0) is 20.8 Å². The van der Waals surface area contributed by atoms with Crippen molar-refractivity contribution < 1.29 is 19.5 Å². The predicted octanol–water partition coefficient (Wildman–Crippen LogP) is -0.830. The van der Waals surface area contributed by atoms with Crippen molar-refractivity contribution in [2.75, 3.05) is 13.1 Å². The molecule has 164 valence electrons. The van der Waals surface area contributed by atoms with E-state index in [1.807, 2.05) is 30.3 Å². The van der Waals surface area contributed by atoms with E-state index in [0.29, 0.717) is 32.2 Å². The first kappa shape index (κ1) is 23.1. The lowest BCUT2D eigenvalue weighted by molar-refractivity contribution is -0.144. The van der Waals surface area contributed by atoms with Gasteiger partial charge in [-0.3, -0.25) is 14.6 Å². The summed E-state index contributed by atoms with van der Waals surface area (Å²) in [5.41, 5.74) is 17.5. The molecule has 1 fully saturated rings. The molecule has 0 aliphatic carbocycles. The molecule has 0 saturated carbocycles. The Hall–Kier alpha value is -3.14. The van der Waals surface area contributed by atoms with Crippen LogP contribution in [0.3, 0.4) is 0 Å². The number of guanidine groups is 1. The van der Waals surface area contributed by atoms with Gasteiger partial charge in [-0.05, 0) is 37.7 Å². The number of nitrogens with zero attached hydrogens (tertiary/aromatic N) is 2. The van der Waals surface area contributed by atoms with Crippen molar-refractivity contribution in [2.24, 2.45) is 22.2 Å². The quantitative estimate of drug-likeness (QED) is 0.187. The Morgan fingerprint density at radius 1 is 1.23 bits per heavy atom. The second kappa shape index (κ2) is 11.1. The van der Waals surface area contributed by atoms with E-state index in [9.17, 15) is 19.5 Å². The molecule has 1 heterocycles. The van der Waals surface area contributed by atoms with Gasteiger partial charge in [-0.15, -0.1) is 0 Å². The highest BCUT2D eigenvalue weighted by Gasteiger charge is 2.37. The number of carbonyl (C=O) groups excluding carboxylic acids is 2. The average Bonchev–Trinajstić information content (AvgIpc) is 3.19. The van der Waals surface area contributed by atoms with Crippen LogP contribution >= 0.6 is 0 Å². The van der Waals surface area contributed by atoms with Gasteiger partial charge in [0.15, 0.2) is 5.96 Å². The predicted molar refractivity (Wildman–Crippen MR) is 112 cm³/mol. The summed E-state index contributed by atoms with van der Waals surface area (Å²) in [6.07, 6.45) is 2.06. The second-order valence-corrected chi connectivity index (χ2v) is 7.33. The number of carboxylic acid groups (broad SMARTS) is 1. The number of carboxylic acids is 1. The van der Waals surface area contributed by atoms with E-state index in [1.54, 1.807) is 0 Å². The van der Waals surface area contributed by atoms with E-state index in [1.165, 1.54) is 4.90 Å². The van der Waals surface area contributed by atoms with E-state index in [0.717, 1.165) is 5.56 Å². The Labute approximate surface area is 175 Å². The molecule has 2 unspecified atom stereocenters. The van der Waals surface area contributed by atoms with Gasteiger partial charge in [-0.1, -0.05) is 30.3 Å². The molecule has 3 atom stereocenters. The largest absolute Gasteiger partial charge is 0.480 e. The standard InChI is InChI=1S/C20H30N6O4/c21-14(12-13-6-2-1-3-7-13)18(28)26-11-5-9-16(26)17(27)25-15(19(29)30)8-4-10-24-20(22)23/h1-3,6-7,14-16H,4-5,8-12,21H2,(H,25,27)(H,29,30)(H4,22,23,24)/t14?,15?,16-/m0/s1. The molecule has 10 heteroatoms. The monoisotopic (exact) mass is 418 g/mol. The van der Waals surface area contributed by atoms with Crippen LogP contribution in [0.4, 0.5) is 0 Å². The van der Waals surface area contributed by atoms with Crippen molar-refractivity contribution in [3.05, 3.63) is 35.9 Å². The van der Waals surface area contributed by atoms with Gasteiger partial charge in [0.2, 0.25) is 11.8 Å². The smallest absolute Gasteiger partial charge is 0.326 e. The molecule has 1 aliphatic rings. The molecule has 30 heavy (non-hydrogen) atoms. The maximum atomic E-state index is 12.8. The number of carbonyl (C=O) groups is 3. The summed E-state index contributed by atoms with van der Waals surface area (Å²) in [4.78, 5) is 42.3. The molecule has 0 radical (unpaired) electrons. The Morgan fingerprint density at radius 3 is 2.57 bits per heavy atom. The maximum absolute atomic E-state index is 12.8. The number of aliphatic imine (C=N–C) groups is 1. The molecular weight excluding hydrogens is 388 g/mol. The van der Waals surface area contributed by atoms with Gasteiger partial charge in [0.25, 0.3) is 0 Å². The van der Waals surface area contributed by atoms with Crippen LogP contribution in [0.5, 0.6) is 0 Å². The second-order valence-electron chi connectivity index (χ2n) is 7.33. The third-order valence-electron chi connectivity index (χ3n) is 5.01. The van der Waals surface area contributed by atoms with Crippen LogP contribution in [0.25, 0.3) is 0 Å². The van der Waals surface area contributed by atoms with Crippen molar-refractivity contribution in [2.45, 2.75) is 50.2 Å². The van der Waals surface area contributed by atoms with Crippen molar-refractivity contribution in [1.82, 2.24) is 10.2 Å². The fraction of sp³-hybridized carbons (Fsp3) is 0.500. The van der Waals surface area contributed by atoms with E-state index >= 15 is 0 Å². The first-order valence-corrected chi connectivity index (χ1v) is 9.98. The number of nitrogens with two attached hydrogens (primary N) is 3. The summed E-state index contributed by atoms with van der Waals surface area (Å²) in [7, 11) is 0. The number of benzene rings is 1. The third-order valence-corrected chi connectivity index (χ3v) is 5.01. The topological polar surface area (TPSA) is 177 Å². The molecule has 8 N–H and O–H groups in total. The lowest BCUT2D eigenvalue weighted by atomic mass is 10.0. The van der Waals surface area contributed by atoms with Gasteiger partial charge in [0.05, 0.1) is 6.04 Å². The van der Waals surface area contributed by atoms with Crippen molar-refractivity contribution in [3.63, 3.8) is 0 Å². The highest BCUT2D eigenvalue weighted by atomic mass is 16.4. The molecule has 10 nitrogen and oxygen atoms in total. The fourth-order valence-electron chi connectivity index (χ4n) is 3.50. The number of rotatable bonds is 10. The van der Waals surface area contributed by atoms with E-state index in [-0.39, 0.29) is 24.8 Å². The van der Waals surface area contributed by atoms with Crippen LogP contribution in [0.15, 0.2) is 35.3 Å². The van der Waals surface area contributed by atoms with Gasteiger partial charge >= 0.3 is 5.97 Å². The van der Waals surface area contributed by atoms with Gasteiger partial charge in [-0.2, -0.15) is 0 Å². The molecular formula is C20H30N6O4. The van der Waals surface area contributed by atoms with Crippen molar-refractivity contribution >= 4 is 23.7 Å². The van der Waals surface area contributed by atoms with Crippen molar-refractivity contribution in [3.8, 4) is 0 Å². The highest BCUT2D eigenvalue weighted by molar-refractivity contribution is 5.92. The minimum absolute atomic E-state index is 0.0714.